The SMILES string of the molecule is CC(C)(C)CS(=O)(=O)c1cccc[c]1[Ge]([CH3])([CH3])[CH3]. The zero-order chi connectivity index (χ0) is 14.2. The summed E-state index contributed by atoms with van der Waals surface area (Å²) >= 11 is -2.16. The summed E-state index contributed by atoms with van der Waals surface area (Å²) in [5.41, 5.74) is -0.211. The Balaban J connectivity index is 3.35. The summed E-state index contributed by atoms with van der Waals surface area (Å²) in [6.07, 6.45) is 0. The predicted molar refractivity (Wildman–Crippen MR) is 80.9 cm³/mol. The number of hydrogen-bond donors (Lipinski definition) is 0. The molecule has 0 N–H and O–H groups in total. The molecule has 0 amide bonds. The molecule has 0 aliphatic carbocycles. The molecule has 0 radical (unpaired) electrons. The van der Waals surface area contributed by atoms with Crippen molar-refractivity contribution in [3.8, 4) is 0 Å². The van der Waals surface area contributed by atoms with Crippen LogP contribution in [0.25, 0.3) is 0 Å². The van der Waals surface area contributed by atoms with Crippen LogP contribution < -0.4 is 4.40 Å². The number of hydrogen-bond acceptors (Lipinski definition) is 2. The molecule has 0 atom stereocenters. The van der Waals surface area contributed by atoms with Crippen molar-refractivity contribution >= 4 is 27.5 Å². The number of sulfone groups is 1. The summed E-state index contributed by atoms with van der Waals surface area (Å²) in [6, 6.07) is 7.54. The van der Waals surface area contributed by atoms with Crippen molar-refractivity contribution in [1.82, 2.24) is 0 Å². The Morgan fingerprint density at radius 3 is 2.00 bits per heavy atom. The van der Waals surface area contributed by atoms with E-state index < -0.39 is 23.1 Å². The molecule has 0 heterocycles. The number of rotatable bonds is 3. The molecule has 0 unspecified atom stereocenters. The van der Waals surface area contributed by atoms with Gasteiger partial charge in [-0.05, 0) is 0 Å². The van der Waals surface area contributed by atoms with E-state index in [2.05, 4.69) is 17.3 Å². The molecule has 0 bridgehead atoms. The first-order valence-electron chi connectivity index (χ1n) is 6.26. The molecule has 0 aliphatic heterocycles. The third-order valence-corrected chi connectivity index (χ3v) is 9.61. The molecule has 0 aliphatic rings. The first-order chi connectivity index (χ1) is 7.93. The standard InChI is InChI=1S/C14H24GeO2S/c1-14(2,3)11-18(16,17)13-10-8-7-9-12(13)15(4,5)6/h7-10H,11H2,1-6H3. The van der Waals surface area contributed by atoms with Crippen LogP contribution in [-0.4, -0.2) is 27.4 Å². The van der Waals surface area contributed by atoms with Crippen LogP contribution in [0.4, 0.5) is 0 Å². The van der Waals surface area contributed by atoms with Crippen LogP contribution in [0.1, 0.15) is 20.8 Å². The summed E-state index contributed by atoms with van der Waals surface area (Å²) in [7, 11) is -3.18. The topological polar surface area (TPSA) is 34.1 Å². The predicted octanol–water partition coefficient (Wildman–Crippen LogP) is 3.05. The van der Waals surface area contributed by atoms with E-state index in [4.69, 9.17) is 0 Å². The van der Waals surface area contributed by atoms with Crippen LogP contribution in [0.3, 0.4) is 0 Å². The maximum absolute atomic E-state index is 12.5. The Kier molecular flexibility index (Phi) is 4.38. The van der Waals surface area contributed by atoms with E-state index in [0.29, 0.717) is 4.90 Å². The van der Waals surface area contributed by atoms with Crippen molar-refractivity contribution in [2.24, 2.45) is 5.41 Å². The average Bonchev–Trinajstić information content (AvgIpc) is 2.12. The van der Waals surface area contributed by atoms with Crippen LogP contribution in [-0.2, 0) is 9.84 Å². The minimum atomic E-state index is -3.18. The van der Waals surface area contributed by atoms with Gasteiger partial charge >= 0.3 is 114 Å². The molecule has 2 nitrogen and oxygen atoms in total. The van der Waals surface area contributed by atoms with Crippen LogP contribution in [0.5, 0.6) is 0 Å². The third kappa shape index (κ3) is 4.13. The Hall–Kier alpha value is -0.287. The van der Waals surface area contributed by atoms with Crippen LogP contribution in [0, 0.1) is 5.41 Å². The van der Waals surface area contributed by atoms with Crippen LogP contribution in [0.2, 0.25) is 17.3 Å². The van der Waals surface area contributed by atoms with Crippen molar-refractivity contribution in [3.63, 3.8) is 0 Å². The average molecular weight is 329 g/mol. The maximum atomic E-state index is 12.5. The number of benzene rings is 1. The second-order valence-electron chi connectivity index (χ2n) is 7.07. The Morgan fingerprint density at radius 2 is 1.56 bits per heavy atom. The van der Waals surface area contributed by atoms with Gasteiger partial charge in [0.25, 0.3) is 0 Å². The molecular formula is C14H24GeO2S. The van der Waals surface area contributed by atoms with Gasteiger partial charge in [-0.1, -0.05) is 0 Å². The fourth-order valence-corrected chi connectivity index (χ4v) is 9.54. The van der Waals surface area contributed by atoms with E-state index in [9.17, 15) is 8.42 Å². The molecule has 0 fully saturated rings. The fourth-order valence-electron chi connectivity index (χ4n) is 2.01. The van der Waals surface area contributed by atoms with Gasteiger partial charge in [-0.2, -0.15) is 0 Å². The third-order valence-electron chi connectivity index (χ3n) is 2.65. The first-order valence-corrected chi connectivity index (χ1v) is 15.3. The van der Waals surface area contributed by atoms with E-state index in [1.165, 1.54) is 0 Å². The fraction of sp³-hybridized carbons (Fsp3) is 0.571. The van der Waals surface area contributed by atoms with Gasteiger partial charge < -0.3 is 0 Å². The van der Waals surface area contributed by atoms with Gasteiger partial charge in [0.1, 0.15) is 0 Å². The second-order valence-corrected chi connectivity index (χ2v) is 19.6. The molecule has 102 valence electrons. The van der Waals surface area contributed by atoms with Crippen molar-refractivity contribution in [2.75, 3.05) is 5.75 Å². The molecule has 0 spiro atoms. The molecule has 1 aromatic carbocycles. The normalized spacial score (nSPS) is 13.7. The van der Waals surface area contributed by atoms with E-state index in [0.717, 1.165) is 4.40 Å². The Morgan fingerprint density at radius 1 is 1.06 bits per heavy atom. The van der Waals surface area contributed by atoms with Crippen molar-refractivity contribution in [1.29, 1.82) is 0 Å². The summed E-state index contributed by atoms with van der Waals surface area (Å²) in [6.45, 7) is 5.89. The van der Waals surface area contributed by atoms with Crippen molar-refractivity contribution < 1.29 is 8.42 Å². The second kappa shape index (κ2) is 5.01. The van der Waals surface area contributed by atoms with E-state index in [1.54, 1.807) is 6.07 Å². The van der Waals surface area contributed by atoms with Gasteiger partial charge in [-0.3, -0.25) is 0 Å². The summed E-state index contributed by atoms with van der Waals surface area (Å²) < 4.78 is 26.2. The molecule has 0 aromatic heterocycles. The first kappa shape index (κ1) is 15.8. The Labute approximate surface area is 114 Å². The molecule has 18 heavy (non-hydrogen) atoms. The van der Waals surface area contributed by atoms with E-state index in [1.807, 2.05) is 39.0 Å². The van der Waals surface area contributed by atoms with Crippen molar-refractivity contribution in [2.45, 2.75) is 42.9 Å². The Bertz CT molecular complexity index is 519. The molecule has 0 saturated heterocycles. The zero-order valence-corrected chi connectivity index (χ0v) is 15.2. The molecule has 0 saturated carbocycles. The molecule has 1 aromatic rings. The van der Waals surface area contributed by atoms with Crippen LogP contribution in [0.15, 0.2) is 29.2 Å². The quantitative estimate of drug-likeness (QED) is 0.799. The van der Waals surface area contributed by atoms with Crippen LogP contribution >= 0.6 is 0 Å². The summed E-state index contributed by atoms with van der Waals surface area (Å²) in [4.78, 5) is 0.562. The van der Waals surface area contributed by atoms with Gasteiger partial charge in [0.05, 0.1) is 0 Å². The van der Waals surface area contributed by atoms with Gasteiger partial charge in [0, 0.05) is 0 Å². The summed E-state index contributed by atoms with van der Waals surface area (Å²) in [5, 5.41) is 0. The van der Waals surface area contributed by atoms with E-state index >= 15 is 0 Å². The van der Waals surface area contributed by atoms with Gasteiger partial charge in [0.15, 0.2) is 0 Å². The molecule has 1 rings (SSSR count). The van der Waals surface area contributed by atoms with Gasteiger partial charge in [-0.15, -0.1) is 0 Å². The monoisotopic (exact) mass is 330 g/mol. The molecule has 4 heteroatoms. The molecular weight excluding hydrogens is 305 g/mol. The zero-order valence-electron chi connectivity index (χ0n) is 12.2. The van der Waals surface area contributed by atoms with Gasteiger partial charge in [-0.25, -0.2) is 0 Å². The van der Waals surface area contributed by atoms with Gasteiger partial charge in [0.2, 0.25) is 0 Å². The van der Waals surface area contributed by atoms with Crippen molar-refractivity contribution in [3.05, 3.63) is 24.3 Å². The summed E-state index contributed by atoms with van der Waals surface area (Å²) in [5.74, 6) is 6.89. The minimum absolute atomic E-state index is 0.204. The van der Waals surface area contributed by atoms with E-state index in [-0.39, 0.29) is 11.2 Å².